The zero-order chi connectivity index (χ0) is 19.8. The van der Waals surface area contributed by atoms with E-state index in [9.17, 15) is 4.79 Å². The van der Waals surface area contributed by atoms with Crippen LogP contribution in [0.5, 0.6) is 0 Å². The van der Waals surface area contributed by atoms with Crippen LogP contribution in [0.4, 0.5) is 5.82 Å². The molecule has 150 valence electrons. The molecule has 1 aliphatic rings. The molecule has 1 aliphatic heterocycles. The Morgan fingerprint density at radius 2 is 1.82 bits per heavy atom. The number of aryl methyl sites for hydroxylation is 1. The summed E-state index contributed by atoms with van der Waals surface area (Å²) in [5.41, 5.74) is 1.81. The van der Waals surface area contributed by atoms with Crippen molar-refractivity contribution in [3.63, 3.8) is 0 Å². The average molecular weight is 382 g/mol. The SMILES string of the molecule is CCCCCNC(=O)c1cc(N2CCN(Cc3ccccc3)CC2)nc(C)n1. The molecule has 0 aliphatic carbocycles. The van der Waals surface area contributed by atoms with Crippen LogP contribution >= 0.6 is 0 Å². The average Bonchev–Trinajstić information content (AvgIpc) is 2.72. The quantitative estimate of drug-likeness (QED) is 0.712. The maximum atomic E-state index is 12.4. The molecule has 6 nitrogen and oxygen atoms in total. The standard InChI is InChI=1S/C22H31N5O/c1-3-4-8-11-23-22(28)20-16-21(25-18(2)24-20)27-14-12-26(13-15-27)17-19-9-6-5-7-10-19/h5-7,9-10,16H,3-4,8,11-15,17H2,1-2H3,(H,23,28). The Morgan fingerprint density at radius 1 is 1.07 bits per heavy atom. The molecule has 1 N–H and O–H groups in total. The molecule has 1 aromatic heterocycles. The lowest BCUT2D eigenvalue weighted by atomic mass is 10.2. The molecule has 1 amide bonds. The maximum absolute atomic E-state index is 12.4. The number of benzene rings is 1. The van der Waals surface area contributed by atoms with E-state index >= 15 is 0 Å². The number of anilines is 1. The van der Waals surface area contributed by atoms with Crippen molar-refractivity contribution < 1.29 is 4.79 Å². The summed E-state index contributed by atoms with van der Waals surface area (Å²) >= 11 is 0. The van der Waals surface area contributed by atoms with E-state index in [1.54, 1.807) is 0 Å². The van der Waals surface area contributed by atoms with E-state index in [1.807, 2.05) is 13.0 Å². The fourth-order valence-electron chi connectivity index (χ4n) is 3.47. The minimum absolute atomic E-state index is 0.106. The Bertz CT molecular complexity index is 757. The lowest BCUT2D eigenvalue weighted by Gasteiger charge is -2.35. The molecular formula is C22H31N5O. The van der Waals surface area contributed by atoms with Crippen molar-refractivity contribution in [2.24, 2.45) is 0 Å². The van der Waals surface area contributed by atoms with Crippen molar-refractivity contribution in [1.29, 1.82) is 0 Å². The largest absolute Gasteiger partial charge is 0.354 e. The molecule has 0 spiro atoms. The Balaban J connectivity index is 1.57. The monoisotopic (exact) mass is 381 g/mol. The lowest BCUT2D eigenvalue weighted by Crippen LogP contribution is -2.46. The molecule has 2 aromatic rings. The normalized spacial score (nSPS) is 14.9. The number of nitrogens with one attached hydrogen (secondary N) is 1. The summed E-state index contributed by atoms with van der Waals surface area (Å²) < 4.78 is 0. The lowest BCUT2D eigenvalue weighted by molar-refractivity contribution is 0.0947. The van der Waals surface area contributed by atoms with Crippen LogP contribution in [0.2, 0.25) is 0 Å². The summed E-state index contributed by atoms with van der Waals surface area (Å²) in [7, 11) is 0. The maximum Gasteiger partial charge on any atom is 0.270 e. The molecule has 2 heterocycles. The number of nitrogens with zero attached hydrogens (tertiary/aromatic N) is 4. The molecule has 28 heavy (non-hydrogen) atoms. The molecule has 0 saturated carbocycles. The van der Waals surface area contributed by atoms with E-state index in [2.05, 4.69) is 62.3 Å². The van der Waals surface area contributed by atoms with Crippen molar-refractivity contribution in [3.05, 3.63) is 53.5 Å². The van der Waals surface area contributed by atoms with Crippen molar-refractivity contribution in [2.45, 2.75) is 39.7 Å². The number of hydrogen-bond donors (Lipinski definition) is 1. The number of unbranched alkanes of at least 4 members (excludes halogenated alkanes) is 2. The van der Waals surface area contributed by atoms with Crippen molar-refractivity contribution >= 4 is 11.7 Å². The number of carbonyl (C=O) groups excluding carboxylic acids is 1. The molecule has 1 fully saturated rings. The summed E-state index contributed by atoms with van der Waals surface area (Å²) in [6, 6.07) is 12.4. The van der Waals surface area contributed by atoms with Gasteiger partial charge in [0.05, 0.1) is 0 Å². The predicted octanol–water partition coefficient (Wildman–Crippen LogP) is 3.03. The van der Waals surface area contributed by atoms with Gasteiger partial charge in [0.25, 0.3) is 5.91 Å². The highest BCUT2D eigenvalue weighted by Gasteiger charge is 2.20. The van der Waals surface area contributed by atoms with Gasteiger partial charge in [-0.25, -0.2) is 9.97 Å². The van der Waals surface area contributed by atoms with Gasteiger partial charge in [-0.2, -0.15) is 0 Å². The first-order valence-electron chi connectivity index (χ1n) is 10.3. The summed E-state index contributed by atoms with van der Waals surface area (Å²) in [6.07, 6.45) is 3.27. The van der Waals surface area contributed by atoms with Gasteiger partial charge < -0.3 is 10.2 Å². The summed E-state index contributed by atoms with van der Waals surface area (Å²) in [5.74, 6) is 1.39. The van der Waals surface area contributed by atoms with E-state index in [4.69, 9.17) is 0 Å². The minimum Gasteiger partial charge on any atom is -0.354 e. The van der Waals surface area contributed by atoms with Gasteiger partial charge in [-0.3, -0.25) is 9.69 Å². The van der Waals surface area contributed by atoms with Crippen LogP contribution in [0.25, 0.3) is 0 Å². The van der Waals surface area contributed by atoms with Gasteiger partial charge in [-0.15, -0.1) is 0 Å². The van der Waals surface area contributed by atoms with Crippen LogP contribution in [0.3, 0.4) is 0 Å². The molecule has 1 saturated heterocycles. The predicted molar refractivity (Wildman–Crippen MR) is 113 cm³/mol. The van der Waals surface area contributed by atoms with Gasteiger partial charge in [0.2, 0.25) is 0 Å². The Hall–Kier alpha value is -2.47. The zero-order valence-electron chi connectivity index (χ0n) is 17.0. The number of piperazine rings is 1. The van der Waals surface area contributed by atoms with E-state index in [0.717, 1.165) is 57.8 Å². The van der Waals surface area contributed by atoms with Crippen LogP contribution in [0.1, 0.15) is 48.1 Å². The highest BCUT2D eigenvalue weighted by molar-refractivity contribution is 5.92. The van der Waals surface area contributed by atoms with Crippen molar-refractivity contribution in [2.75, 3.05) is 37.6 Å². The third-order valence-corrected chi connectivity index (χ3v) is 5.07. The third-order valence-electron chi connectivity index (χ3n) is 5.07. The molecule has 0 atom stereocenters. The Labute approximate surface area is 168 Å². The highest BCUT2D eigenvalue weighted by Crippen LogP contribution is 2.16. The van der Waals surface area contributed by atoms with E-state index < -0.39 is 0 Å². The summed E-state index contributed by atoms with van der Waals surface area (Å²) in [5, 5.41) is 2.97. The van der Waals surface area contributed by atoms with Crippen LogP contribution in [0, 0.1) is 6.92 Å². The fraction of sp³-hybridized carbons (Fsp3) is 0.500. The van der Waals surface area contributed by atoms with Gasteiger partial charge in [0.15, 0.2) is 0 Å². The van der Waals surface area contributed by atoms with Crippen molar-refractivity contribution in [3.8, 4) is 0 Å². The second-order valence-corrected chi connectivity index (χ2v) is 7.37. The molecule has 3 rings (SSSR count). The van der Waals surface area contributed by atoms with Gasteiger partial charge in [0.1, 0.15) is 17.3 Å². The molecule has 1 aromatic carbocycles. The van der Waals surface area contributed by atoms with Gasteiger partial charge in [-0.05, 0) is 18.9 Å². The number of carbonyl (C=O) groups is 1. The Kier molecular flexibility index (Phi) is 7.37. The zero-order valence-corrected chi connectivity index (χ0v) is 17.0. The summed E-state index contributed by atoms with van der Waals surface area (Å²) in [6.45, 7) is 9.45. The smallest absolute Gasteiger partial charge is 0.270 e. The van der Waals surface area contributed by atoms with E-state index in [-0.39, 0.29) is 5.91 Å². The molecular weight excluding hydrogens is 350 g/mol. The van der Waals surface area contributed by atoms with Crippen LogP contribution in [-0.2, 0) is 6.54 Å². The molecule has 6 heteroatoms. The number of amides is 1. The topological polar surface area (TPSA) is 61.4 Å². The molecule has 0 bridgehead atoms. The van der Waals surface area contributed by atoms with Gasteiger partial charge >= 0.3 is 0 Å². The number of aromatic nitrogens is 2. The van der Waals surface area contributed by atoms with Crippen LogP contribution < -0.4 is 10.2 Å². The highest BCUT2D eigenvalue weighted by atomic mass is 16.1. The second-order valence-electron chi connectivity index (χ2n) is 7.37. The molecule has 0 radical (unpaired) electrons. The molecule has 0 unspecified atom stereocenters. The first-order chi connectivity index (χ1) is 13.7. The first-order valence-corrected chi connectivity index (χ1v) is 10.3. The van der Waals surface area contributed by atoms with Crippen LogP contribution in [0.15, 0.2) is 36.4 Å². The fourth-order valence-corrected chi connectivity index (χ4v) is 3.47. The van der Waals surface area contributed by atoms with E-state index in [1.165, 1.54) is 5.56 Å². The minimum atomic E-state index is -0.106. The van der Waals surface area contributed by atoms with Crippen LogP contribution in [-0.4, -0.2) is 53.5 Å². The summed E-state index contributed by atoms with van der Waals surface area (Å²) in [4.78, 5) is 26.0. The first kappa shape index (κ1) is 20.3. The third kappa shape index (κ3) is 5.76. The Morgan fingerprint density at radius 3 is 2.54 bits per heavy atom. The van der Waals surface area contributed by atoms with E-state index in [0.29, 0.717) is 18.1 Å². The van der Waals surface area contributed by atoms with Gasteiger partial charge in [-0.1, -0.05) is 50.1 Å². The second kappa shape index (κ2) is 10.2. The number of hydrogen-bond acceptors (Lipinski definition) is 5. The number of rotatable bonds is 8. The van der Waals surface area contributed by atoms with Crippen molar-refractivity contribution in [1.82, 2.24) is 20.2 Å². The van der Waals surface area contributed by atoms with Gasteiger partial charge in [0, 0.05) is 45.3 Å².